The number of hydrogen-bond acceptors (Lipinski definition) is 3. The predicted octanol–water partition coefficient (Wildman–Crippen LogP) is 1.89. The van der Waals surface area contributed by atoms with Crippen LogP contribution in [0.2, 0.25) is 0 Å². The third kappa shape index (κ3) is 2.36. The van der Waals surface area contributed by atoms with E-state index in [-0.39, 0.29) is 5.92 Å². The normalized spacial score (nSPS) is 16.6. The molecular weight excluding hydrogens is 202 g/mol. The summed E-state index contributed by atoms with van der Waals surface area (Å²) in [6.07, 6.45) is 0.637. The van der Waals surface area contributed by atoms with Crippen molar-refractivity contribution in [3.63, 3.8) is 0 Å². The highest BCUT2D eigenvalue weighted by molar-refractivity contribution is 5.32. The standard InChI is InChI=1S/C13H21NO2/c1-4-13(15,10(2)9-14)11-6-5-7-12(8-11)16-3/h5-8,10,15H,4,9,14H2,1-3H3. The van der Waals surface area contributed by atoms with Crippen molar-refractivity contribution in [3.05, 3.63) is 29.8 Å². The van der Waals surface area contributed by atoms with E-state index in [0.717, 1.165) is 11.3 Å². The quantitative estimate of drug-likeness (QED) is 0.801. The Hall–Kier alpha value is -1.06. The van der Waals surface area contributed by atoms with E-state index in [0.29, 0.717) is 13.0 Å². The van der Waals surface area contributed by atoms with Crippen LogP contribution in [0.3, 0.4) is 0 Å². The second kappa shape index (κ2) is 5.32. The number of benzene rings is 1. The van der Waals surface area contributed by atoms with Crippen LogP contribution in [0.4, 0.5) is 0 Å². The Morgan fingerprint density at radius 2 is 2.19 bits per heavy atom. The molecule has 90 valence electrons. The van der Waals surface area contributed by atoms with Gasteiger partial charge in [-0.3, -0.25) is 0 Å². The largest absolute Gasteiger partial charge is 0.497 e. The van der Waals surface area contributed by atoms with Gasteiger partial charge in [0.2, 0.25) is 0 Å². The van der Waals surface area contributed by atoms with Crippen LogP contribution in [0.25, 0.3) is 0 Å². The molecule has 3 nitrogen and oxygen atoms in total. The summed E-state index contributed by atoms with van der Waals surface area (Å²) in [5, 5.41) is 10.6. The van der Waals surface area contributed by atoms with Gasteiger partial charge in [0, 0.05) is 5.92 Å². The van der Waals surface area contributed by atoms with Gasteiger partial charge in [-0.15, -0.1) is 0 Å². The molecule has 0 radical (unpaired) electrons. The van der Waals surface area contributed by atoms with E-state index in [1.165, 1.54) is 0 Å². The summed E-state index contributed by atoms with van der Waals surface area (Å²) < 4.78 is 5.17. The number of aliphatic hydroxyl groups is 1. The zero-order chi connectivity index (χ0) is 12.2. The molecule has 1 aromatic carbocycles. The summed E-state index contributed by atoms with van der Waals surface area (Å²) in [5.74, 6) is 0.776. The summed E-state index contributed by atoms with van der Waals surface area (Å²) in [5.41, 5.74) is 5.65. The first-order valence-electron chi connectivity index (χ1n) is 5.65. The minimum Gasteiger partial charge on any atom is -0.497 e. The Balaban J connectivity index is 3.11. The minimum absolute atomic E-state index is 0.0182. The lowest BCUT2D eigenvalue weighted by Crippen LogP contribution is -2.37. The Kier molecular flexibility index (Phi) is 4.33. The molecule has 0 aliphatic rings. The van der Waals surface area contributed by atoms with Crippen molar-refractivity contribution < 1.29 is 9.84 Å². The van der Waals surface area contributed by atoms with Crippen molar-refractivity contribution in [1.29, 1.82) is 0 Å². The summed E-state index contributed by atoms with van der Waals surface area (Å²) in [6, 6.07) is 7.54. The first-order valence-corrected chi connectivity index (χ1v) is 5.65. The van der Waals surface area contributed by atoms with Gasteiger partial charge in [0.1, 0.15) is 5.75 Å². The van der Waals surface area contributed by atoms with Gasteiger partial charge in [0.15, 0.2) is 0 Å². The van der Waals surface area contributed by atoms with Gasteiger partial charge < -0.3 is 15.6 Å². The highest BCUT2D eigenvalue weighted by Gasteiger charge is 2.33. The maximum atomic E-state index is 10.6. The molecular formula is C13H21NO2. The summed E-state index contributed by atoms with van der Waals surface area (Å²) >= 11 is 0. The fourth-order valence-corrected chi connectivity index (χ4v) is 1.92. The molecule has 0 amide bonds. The van der Waals surface area contributed by atoms with Crippen LogP contribution < -0.4 is 10.5 Å². The lowest BCUT2D eigenvalue weighted by Gasteiger charge is -2.33. The molecule has 2 unspecified atom stereocenters. The lowest BCUT2D eigenvalue weighted by atomic mass is 9.80. The van der Waals surface area contributed by atoms with Crippen molar-refractivity contribution >= 4 is 0 Å². The molecule has 0 aliphatic carbocycles. The molecule has 3 heteroatoms. The van der Waals surface area contributed by atoms with Crippen LogP contribution in [-0.4, -0.2) is 18.8 Å². The third-order valence-electron chi connectivity index (χ3n) is 3.28. The number of nitrogens with two attached hydrogens (primary N) is 1. The molecule has 0 saturated heterocycles. The monoisotopic (exact) mass is 223 g/mol. The zero-order valence-electron chi connectivity index (χ0n) is 10.2. The van der Waals surface area contributed by atoms with Gasteiger partial charge in [0.25, 0.3) is 0 Å². The van der Waals surface area contributed by atoms with Crippen LogP contribution in [0.1, 0.15) is 25.8 Å². The highest BCUT2D eigenvalue weighted by Crippen LogP contribution is 2.34. The SMILES string of the molecule is CCC(O)(c1cccc(OC)c1)C(C)CN. The fourth-order valence-electron chi connectivity index (χ4n) is 1.92. The van der Waals surface area contributed by atoms with Crippen molar-refractivity contribution in [3.8, 4) is 5.75 Å². The molecule has 0 bridgehead atoms. The Morgan fingerprint density at radius 3 is 2.69 bits per heavy atom. The fraction of sp³-hybridized carbons (Fsp3) is 0.538. The average molecular weight is 223 g/mol. The molecule has 0 fully saturated rings. The number of rotatable bonds is 5. The number of hydrogen-bond donors (Lipinski definition) is 2. The van der Waals surface area contributed by atoms with E-state index in [9.17, 15) is 5.11 Å². The molecule has 0 aromatic heterocycles. The van der Waals surface area contributed by atoms with E-state index in [4.69, 9.17) is 10.5 Å². The van der Waals surface area contributed by atoms with Crippen LogP contribution in [0.5, 0.6) is 5.75 Å². The van der Waals surface area contributed by atoms with Gasteiger partial charge in [-0.2, -0.15) is 0 Å². The van der Waals surface area contributed by atoms with Crippen LogP contribution in [-0.2, 0) is 5.60 Å². The molecule has 0 spiro atoms. The molecule has 2 atom stereocenters. The van der Waals surface area contributed by atoms with Crippen LogP contribution in [0, 0.1) is 5.92 Å². The average Bonchev–Trinajstić information content (AvgIpc) is 2.36. The van der Waals surface area contributed by atoms with E-state index >= 15 is 0 Å². The Morgan fingerprint density at radius 1 is 1.50 bits per heavy atom. The van der Waals surface area contributed by atoms with Gasteiger partial charge >= 0.3 is 0 Å². The second-order valence-corrected chi connectivity index (χ2v) is 4.15. The van der Waals surface area contributed by atoms with Crippen molar-refractivity contribution in [1.82, 2.24) is 0 Å². The van der Waals surface area contributed by atoms with Gasteiger partial charge in [-0.1, -0.05) is 26.0 Å². The molecule has 0 heterocycles. The van der Waals surface area contributed by atoms with Crippen molar-refractivity contribution in [2.24, 2.45) is 11.7 Å². The molecule has 0 aliphatic heterocycles. The third-order valence-corrected chi connectivity index (χ3v) is 3.28. The predicted molar refractivity (Wildman–Crippen MR) is 65.4 cm³/mol. The Labute approximate surface area is 97.2 Å². The number of methoxy groups -OCH3 is 1. The molecule has 3 N–H and O–H groups in total. The second-order valence-electron chi connectivity index (χ2n) is 4.15. The smallest absolute Gasteiger partial charge is 0.119 e. The molecule has 1 aromatic rings. The van der Waals surface area contributed by atoms with E-state index < -0.39 is 5.60 Å². The summed E-state index contributed by atoms with van der Waals surface area (Å²) in [6.45, 7) is 4.39. The highest BCUT2D eigenvalue weighted by atomic mass is 16.5. The van der Waals surface area contributed by atoms with Crippen LogP contribution in [0.15, 0.2) is 24.3 Å². The molecule has 16 heavy (non-hydrogen) atoms. The van der Waals surface area contributed by atoms with Gasteiger partial charge in [-0.25, -0.2) is 0 Å². The van der Waals surface area contributed by atoms with Crippen molar-refractivity contribution in [2.75, 3.05) is 13.7 Å². The first-order chi connectivity index (χ1) is 7.58. The van der Waals surface area contributed by atoms with Gasteiger partial charge in [0.05, 0.1) is 12.7 Å². The summed E-state index contributed by atoms with van der Waals surface area (Å²) in [7, 11) is 1.62. The Bertz CT molecular complexity index is 340. The maximum Gasteiger partial charge on any atom is 0.119 e. The summed E-state index contributed by atoms with van der Waals surface area (Å²) in [4.78, 5) is 0. The van der Waals surface area contributed by atoms with E-state index in [2.05, 4.69) is 0 Å². The first kappa shape index (κ1) is 13.0. The van der Waals surface area contributed by atoms with E-state index in [1.807, 2.05) is 38.1 Å². The van der Waals surface area contributed by atoms with Gasteiger partial charge in [-0.05, 0) is 30.7 Å². The zero-order valence-corrected chi connectivity index (χ0v) is 10.2. The lowest BCUT2D eigenvalue weighted by molar-refractivity contribution is -0.0177. The number of ether oxygens (including phenoxy) is 1. The molecule has 0 saturated carbocycles. The van der Waals surface area contributed by atoms with E-state index in [1.54, 1.807) is 7.11 Å². The van der Waals surface area contributed by atoms with Crippen molar-refractivity contribution in [2.45, 2.75) is 25.9 Å². The topological polar surface area (TPSA) is 55.5 Å². The maximum absolute atomic E-state index is 10.6. The minimum atomic E-state index is -0.872. The van der Waals surface area contributed by atoms with Crippen LogP contribution >= 0.6 is 0 Å². The molecule has 1 rings (SSSR count).